The second-order valence-corrected chi connectivity index (χ2v) is 5.08. The molecule has 0 atom stereocenters. The quantitative estimate of drug-likeness (QED) is 0.719. The second kappa shape index (κ2) is 4.50. The third kappa shape index (κ3) is 3.01. The fourth-order valence-corrected chi connectivity index (χ4v) is 1.53. The minimum atomic E-state index is -2.99. The number of carbonyl (C=O) groups excluding carboxylic acids is 1. The van der Waals surface area contributed by atoms with Crippen LogP contribution in [0.1, 0.15) is 36.7 Å². The van der Waals surface area contributed by atoms with Crippen LogP contribution in [0.5, 0.6) is 0 Å². The lowest BCUT2D eigenvalue weighted by atomic mass is 9.86. The molecule has 1 nitrogen and oxygen atoms in total. The van der Waals surface area contributed by atoms with Crippen LogP contribution in [0.2, 0.25) is 5.02 Å². The SMILES string of the molecule is CC(C)(C)c1cc(Cl)cc(C(=O)C(F)F)c1. The van der Waals surface area contributed by atoms with Gasteiger partial charge in [0.05, 0.1) is 0 Å². The Morgan fingerprint density at radius 3 is 2.25 bits per heavy atom. The molecule has 0 unspecified atom stereocenters. The molecule has 88 valence electrons. The van der Waals surface area contributed by atoms with Gasteiger partial charge in [-0.1, -0.05) is 32.4 Å². The summed E-state index contributed by atoms with van der Waals surface area (Å²) >= 11 is 5.81. The standard InChI is InChI=1S/C12H13ClF2O/c1-12(2,3)8-4-7(5-9(13)6-8)10(16)11(14)15/h4-6,11H,1-3H3. The van der Waals surface area contributed by atoms with Crippen LogP contribution in [-0.2, 0) is 5.41 Å². The van der Waals surface area contributed by atoms with Crippen molar-refractivity contribution in [1.29, 1.82) is 0 Å². The zero-order valence-corrected chi connectivity index (χ0v) is 10.1. The van der Waals surface area contributed by atoms with Gasteiger partial charge in [0.25, 0.3) is 0 Å². The molecule has 0 spiro atoms. The van der Waals surface area contributed by atoms with Crippen LogP contribution >= 0.6 is 11.6 Å². The Hall–Kier alpha value is -0.960. The van der Waals surface area contributed by atoms with Crippen LogP contribution < -0.4 is 0 Å². The van der Waals surface area contributed by atoms with Crippen LogP contribution in [0.15, 0.2) is 18.2 Å². The zero-order chi connectivity index (χ0) is 12.5. The topological polar surface area (TPSA) is 17.1 Å². The fourth-order valence-electron chi connectivity index (χ4n) is 1.29. The maximum absolute atomic E-state index is 12.3. The molecule has 0 heterocycles. The molecule has 0 aliphatic heterocycles. The minimum absolute atomic E-state index is 0.0348. The van der Waals surface area contributed by atoms with Gasteiger partial charge in [-0.25, -0.2) is 8.78 Å². The summed E-state index contributed by atoms with van der Waals surface area (Å²) in [4.78, 5) is 11.2. The molecule has 1 aromatic carbocycles. The first-order valence-electron chi connectivity index (χ1n) is 4.85. The molecular weight excluding hydrogens is 234 g/mol. The molecule has 0 radical (unpaired) electrons. The summed E-state index contributed by atoms with van der Waals surface area (Å²) in [6.45, 7) is 5.78. The summed E-state index contributed by atoms with van der Waals surface area (Å²) in [5.41, 5.74) is 0.499. The van der Waals surface area contributed by atoms with Crippen molar-refractivity contribution in [3.63, 3.8) is 0 Å². The average molecular weight is 247 g/mol. The van der Waals surface area contributed by atoms with Gasteiger partial charge in [-0.05, 0) is 29.2 Å². The second-order valence-electron chi connectivity index (χ2n) is 4.64. The van der Waals surface area contributed by atoms with Gasteiger partial charge < -0.3 is 0 Å². The number of halogens is 3. The monoisotopic (exact) mass is 246 g/mol. The fraction of sp³-hybridized carbons (Fsp3) is 0.417. The number of carbonyl (C=O) groups is 1. The van der Waals surface area contributed by atoms with Crippen LogP contribution in [-0.4, -0.2) is 12.2 Å². The molecule has 1 rings (SSSR count). The van der Waals surface area contributed by atoms with Gasteiger partial charge in [0.15, 0.2) is 0 Å². The first-order chi connectivity index (χ1) is 7.21. The Labute approximate surface area is 98.4 Å². The number of hydrogen-bond acceptors (Lipinski definition) is 1. The average Bonchev–Trinajstić information content (AvgIpc) is 2.14. The van der Waals surface area contributed by atoms with E-state index in [9.17, 15) is 13.6 Å². The van der Waals surface area contributed by atoms with E-state index in [0.29, 0.717) is 5.02 Å². The molecule has 0 bridgehead atoms. The molecule has 0 saturated heterocycles. The molecule has 0 saturated carbocycles. The number of ketones is 1. The van der Waals surface area contributed by atoms with Gasteiger partial charge in [-0.3, -0.25) is 4.79 Å². The number of benzene rings is 1. The van der Waals surface area contributed by atoms with Crippen LogP contribution in [0.25, 0.3) is 0 Å². The predicted molar refractivity (Wildman–Crippen MR) is 60.5 cm³/mol. The molecule has 1 aromatic rings. The number of alkyl halides is 2. The lowest BCUT2D eigenvalue weighted by Crippen LogP contribution is -2.15. The Morgan fingerprint density at radius 2 is 1.81 bits per heavy atom. The normalized spacial score (nSPS) is 11.9. The maximum atomic E-state index is 12.3. The molecule has 0 aromatic heterocycles. The third-order valence-corrected chi connectivity index (χ3v) is 2.46. The van der Waals surface area contributed by atoms with E-state index in [1.54, 1.807) is 6.07 Å². The summed E-state index contributed by atoms with van der Waals surface area (Å²) < 4.78 is 24.6. The Morgan fingerprint density at radius 1 is 1.25 bits per heavy atom. The summed E-state index contributed by atoms with van der Waals surface area (Å²) in [5, 5.41) is 0.302. The Balaban J connectivity index is 3.24. The van der Waals surface area contributed by atoms with Gasteiger partial charge >= 0.3 is 6.43 Å². The molecule has 16 heavy (non-hydrogen) atoms. The minimum Gasteiger partial charge on any atom is -0.288 e. The van der Waals surface area contributed by atoms with E-state index in [1.165, 1.54) is 12.1 Å². The van der Waals surface area contributed by atoms with Crippen LogP contribution in [0.4, 0.5) is 8.78 Å². The number of hydrogen-bond donors (Lipinski definition) is 0. The first-order valence-corrected chi connectivity index (χ1v) is 5.23. The Bertz CT molecular complexity index is 408. The van der Waals surface area contributed by atoms with Gasteiger partial charge in [0.1, 0.15) is 0 Å². The third-order valence-electron chi connectivity index (χ3n) is 2.25. The van der Waals surface area contributed by atoms with Gasteiger partial charge in [0, 0.05) is 10.6 Å². The summed E-state index contributed by atoms with van der Waals surface area (Å²) in [7, 11) is 0. The molecule has 0 fully saturated rings. The lowest BCUT2D eigenvalue weighted by Gasteiger charge is -2.20. The van der Waals surface area contributed by atoms with Crippen molar-refractivity contribution < 1.29 is 13.6 Å². The van der Waals surface area contributed by atoms with E-state index < -0.39 is 12.2 Å². The van der Waals surface area contributed by atoms with Gasteiger partial charge in [-0.2, -0.15) is 0 Å². The number of rotatable bonds is 2. The van der Waals surface area contributed by atoms with Crippen molar-refractivity contribution in [3.8, 4) is 0 Å². The lowest BCUT2D eigenvalue weighted by molar-refractivity contribution is 0.0678. The highest BCUT2D eigenvalue weighted by Crippen LogP contribution is 2.27. The van der Waals surface area contributed by atoms with Crippen molar-refractivity contribution >= 4 is 17.4 Å². The largest absolute Gasteiger partial charge is 0.300 e. The van der Waals surface area contributed by atoms with E-state index >= 15 is 0 Å². The molecule has 0 N–H and O–H groups in total. The summed E-state index contributed by atoms with van der Waals surface area (Å²) in [5.74, 6) is -1.19. The van der Waals surface area contributed by atoms with Crippen LogP contribution in [0.3, 0.4) is 0 Å². The van der Waals surface area contributed by atoms with Crippen molar-refractivity contribution in [2.45, 2.75) is 32.6 Å². The maximum Gasteiger partial charge on any atom is 0.300 e. The van der Waals surface area contributed by atoms with Crippen molar-refractivity contribution in [1.82, 2.24) is 0 Å². The molecular formula is C12H13ClF2O. The number of Topliss-reactive ketones (excluding diaryl/α,β-unsaturated/α-hetero) is 1. The Kier molecular flexibility index (Phi) is 3.68. The highest BCUT2D eigenvalue weighted by atomic mass is 35.5. The van der Waals surface area contributed by atoms with E-state index in [2.05, 4.69) is 0 Å². The predicted octanol–water partition coefficient (Wildman–Crippen LogP) is 4.09. The van der Waals surface area contributed by atoms with Gasteiger partial charge in [0.2, 0.25) is 5.78 Å². The van der Waals surface area contributed by atoms with Gasteiger partial charge in [-0.15, -0.1) is 0 Å². The summed E-state index contributed by atoms with van der Waals surface area (Å²) in [6.07, 6.45) is -2.99. The first kappa shape index (κ1) is 13.1. The molecule has 0 aliphatic carbocycles. The molecule has 4 heteroatoms. The van der Waals surface area contributed by atoms with Crippen molar-refractivity contribution in [2.24, 2.45) is 0 Å². The van der Waals surface area contributed by atoms with Crippen molar-refractivity contribution in [2.75, 3.05) is 0 Å². The van der Waals surface area contributed by atoms with Crippen LogP contribution in [0, 0.1) is 0 Å². The van der Waals surface area contributed by atoms with E-state index in [0.717, 1.165) is 5.56 Å². The van der Waals surface area contributed by atoms with Crippen molar-refractivity contribution in [3.05, 3.63) is 34.3 Å². The highest BCUT2D eigenvalue weighted by Gasteiger charge is 2.21. The molecule has 0 aliphatic rings. The molecule has 0 amide bonds. The smallest absolute Gasteiger partial charge is 0.288 e. The van der Waals surface area contributed by atoms with E-state index in [1.807, 2.05) is 20.8 Å². The highest BCUT2D eigenvalue weighted by molar-refractivity contribution is 6.31. The zero-order valence-electron chi connectivity index (χ0n) is 9.35. The van der Waals surface area contributed by atoms with E-state index in [4.69, 9.17) is 11.6 Å². The van der Waals surface area contributed by atoms with E-state index in [-0.39, 0.29) is 11.0 Å². The summed E-state index contributed by atoms with van der Waals surface area (Å²) in [6, 6.07) is 4.43.